The molecule has 104 valence electrons. The molecule has 0 radical (unpaired) electrons. The van der Waals surface area contributed by atoms with Crippen LogP contribution in [0.1, 0.15) is 29.5 Å². The second-order valence-electron chi connectivity index (χ2n) is 6.17. The smallest absolute Gasteiger partial charge is 0.123 e. The van der Waals surface area contributed by atoms with E-state index in [-0.39, 0.29) is 17.4 Å². The fourth-order valence-corrected chi connectivity index (χ4v) is 3.66. The quantitative estimate of drug-likeness (QED) is 0.905. The minimum Gasteiger partial charge on any atom is -0.496 e. The summed E-state index contributed by atoms with van der Waals surface area (Å²) in [5, 5.41) is 9.83. The highest BCUT2D eigenvalue weighted by Crippen LogP contribution is 2.63. The minimum atomic E-state index is -0.0507. The lowest BCUT2D eigenvalue weighted by atomic mass is 9.64. The van der Waals surface area contributed by atoms with Gasteiger partial charge in [0.15, 0.2) is 0 Å². The molecule has 0 bridgehead atoms. The summed E-state index contributed by atoms with van der Waals surface area (Å²) in [6.07, 6.45) is 2.17. The van der Waals surface area contributed by atoms with Crippen LogP contribution >= 0.6 is 0 Å². The zero-order valence-electron chi connectivity index (χ0n) is 12.0. The molecule has 1 saturated heterocycles. The van der Waals surface area contributed by atoms with E-state index in [1.807, 2.05) is 0 Å². The Balaban J connectivity index is 2.15. The maximum Gasteiger partial charge on any atom is 0.123 e. The summed E-state index contributed by atoms with van der Waals surface area (Å²) in [6.45, 7) is 5.87. The second kappa shape index (κ2) is 4.22. The number of benzene rings is 1. The number of hydrogen-bond donors (Lipinski definition) is 1. The van der Waals surface area contributed by atoms with Crippen molar-refractivity contribution in [3.05, 3.63) is 28.8 Å². The van der Waals surface area contributed by atoms with E-state index in [1.54, 1.807) is 7.11 Å². The third-order valence-electron chi connectivity index (χ3n) is 5.01. The first-order chi connectivity index (χ1) is 9.08. The van der Waals surface area contributed by atoms with E-state index in [0.29, 0.717) is 13.2 Å². The highest BCUT2D eigenvalue weighted by molar-refractivity contribution is 5.51. The first-order valence-electron chi connectivity index (χ1n) is 6.93. The predicted molar refractivity (Wildman–Crippen MR) is 73.7 cm³/mol. The molecule has 1 aliphatic carbocycles. The molecule has 1 aromatic rings. The Hall–Kier alpha value is -1.06. The zero-order chi connectivity index (χ0) is 13.7. The van der Waals surface area contributed by atoms with Crippen molar-refractivity contribution in [1.82, 2.24) is 0 Å². The molecule has 1 aliphatic heterocycles. The van der Waals surface area contributed by atoms with Crippen molar-refractivity contribution in [1.29, 1.82) is 0 Å². The maximum atomic E-state index is 9.83. The average molecular weight is 262 g/mol. The molecule has 3 heteroatoms. The maximum absolute atomic E-state index is 9.83. The topological polar surface area (TPSA) is 38.7 Å². The van der Waals surface area contributed by atoms with Crippen LogP contribution in [0.25, 0.3) is 0 Å². The molecule has 0 amide bonds. The number of methoxy groups -OCH3 is 1. The molecular weight excluding hydrogens is 240 g/mol. The molecule has 2 fully saturated rings. The number of aliphatic hydroxyl groups is 1. The lowest BCUT2D eigenvalue weighted by molar-refractivity contribution is -0.111. The van der Waals surface area contributed by atoms with Crippen molar-refractivity contribution in [3.63, 3.8) is 0 Å². The Kier molecular flexibility index (Phi) is 2.88. The van der Waals surface area contributed by atoms with Crippen molar-refractivity contribution < 1.29 is 14.6 Å². The molecule has 1 N–H and O–H groups in total. The molecule has 0 unspecified atom stereocenters. The van der Waals surface area contributed by atoms with Gasteiger partial charge in [-0.25, -0.2) is 0 Å². The monoisotopic (exact) mass is 262 g/mol. The second-order valence-corrected chi connectivity index (χ2v) is 6.17. The Morgan fingerprint density at radius 1 is 1.26 bits per heavy atom. The summed E-state index contributed by atoms with van der Waals surface area (Å²) in [7, 11) is 1.73. The van der Waals surface area contributed by atoms with Crippen LogP contribution in [-0.2, 0) is 10.2 Å². The lowest BCUT2D eigenvalue weighted by Gasteiger charge is -2.49. The van der Waals surface area contributed by atoms with Gasteiger partial charge >= 0.3 is 0 Å². The summed E-state index contributed by atoms with van der Waals surface area (Å²) in [4.78, 5) is 0. The number of aliphatic hydroxyl groups excluding tert-OH is 1. The largest absolute Gasteiger partial charge is 0.496 e. The Labute approximate surface area is 114 Å². The van der Waals surface area contributed by atoms with E-state index in [0.717, 1.165) is 18.6 Å². The van der Waals surface area contributed by atoms with Gasteiger partial charge in [-0.05, 0) is 43.9 Å². The standard InChI is InChI=1S/C16H22O3/c1-11-6-12(2)14(13(7-11)18-3)16(9-19-10-16)15(8-17)4-5-15/h6-7,17H,4-5,8-10H2,1-3H3. The molecule has 1 saturated carbocycles. The Bertz CT molecular complexity index is 499. The molecule has 0 aromatic heterocycles. The van der Waals surface area contributed by atoms with E-state index in [1.165, 1.54) is 16.7 Å². The van der Waals surface area contributed by atoms with E-state index < -0.39 is 0 Å². The van der Waals surface area contributed by atoms with Crippen LogP contribution in [0.4, 0.5) is 0 Å². The molecule has 1 heterocycles. The van der Waals surface area contributed by atoms with E-state index in [2.05, 4.69) is 26.0 Å². The SMILES string of the molecule is COc1cc(C)cc(C)c1C1(C2(CO)CC2)COC1. The number of aryl methyl sites for hydroxylation is 2. The van der Waals surface area contributed by atoms with Gasteiger partial charge in [0.1, 0.15) is 5.75 Å². The molecule has 3 rings (SSSR count). The Morgan fingerprint density at radius 3 is 2.37 bits per heavy atom. The van der Waals surface area contributed by atoms with Crippen LogP contribution in [0.2, 0.25) is 0 Å². The molecule has 0 spiro atoms. The summed E-state index contributed by atoms with van der Waals surface area (Å²) in [6, 6.07) is 4.29. The molecule has 2 aliphatic rings. The summed E-state index contributed by atoms with van der Waals surface area (Å²) >= 11 is 0. The molecule has 19 heavy (non-hydrogen) atoms. The van der Waals surface area contributed by atoms with E-state index >= 15 is 0 Å². The van der Waals surface area contributed by atoms with Crippen molar-refractivity contribution in [2.45, 2.75) is 32.1 Å². The van der Waals surface area contributed by atoms with E-state index in [4.69, 9.17) is 9.47 Å². The predicted octanol–water partition coefficient (Wildman–Crippen LogP) is 2.35. The van der Waals surface area contributed by atoms with Crippen molar-refractivity contribution in [3.8, 4) is 5.75 Å². The van der Waals surface area contributed by atoms with Gasteiger partial charge in [0.05, 0.1) is 25.7 Å². The fraction of sp³-hybridized carbons (Fsp3) is 0.625. The molecule has 0 atom stereocenters. The average Bonchev–Trinajstić information content (AvgIpc) is 3.11. The van der Waals surface area contributed by atoms with Crippen molar-refractivity contribution in [2.75, 3.05) is 26.9 Å². The fourth-order valence-electron chi connectivity index (χ4n) is 3.66. The van der Waals surface area contributed by atoms with Crippen molar-refractivity contribution >= 4 is 0 Å². The van der Waals surface area contributed by atoms with Crippen LogP contribution < -0.4 is 4.74 Å². The first-order valence-corrected chi connectivity index (χ1v) is 6.93. The van der Waals surface area contributed by atoms with Crippen LogP contribution in [-0.4, -0.2) is 32.0 Å². The first kappa shape index (κ1) is 12.9. The lowest BCUT2D eigenvalue weighted by Crippen LogP contribution is -2.55. The van der Waals surface area contributed by atoms with Crippen molar-refractivity contribution in [2.24, 2.45) is 5.41 Å². The highest BCUT2D eigenvalue weighted by atomic mass is 16.5. The van der Waals surface area contributed by atoms with Gasteiger partial charge in [-0.15, -0.1) is 0 Å². The number of rotatable bonds is 4. The highest BCUT2D eigenvalue weighted by Gasteiger charge is 2.64. The van der Waals surface area contributed by atoms with Crippen LogP contribution in [0.3, 0.4) is 0 Å². The molecular formula is C16H22O3. The van der Waals surface area contributed by atoms with Crippen LogP contribution in [0.15, 0.2) is 12.1 Å². The van der Waals surface area contributed by atoms with E-state index in [9.17, 15) is 5.11 Å². The van der Waals surface area contributed by atoms with Gasteiger partial charge < -0.3 is 14.6 Å². The van der Waals surface area contributed by atoms with Crippen LogP contribution in [0.5, 0.6) is 5.75 Å². The Morgan fingerprint density at radius 2 is 1.95 bits per heavy atom. The molecule has 3 nitrogen and oxygen atoms in total. The number of ether oxygens (including phenoxy) is 2. The summed E-state index contributed by atoms with van der Waals surface area (Å²) in [5.74, 6) is 0.945. The van der Waals surface area contributed by atoms with Gasteiger partial charge in [0, 0.05) is 17.6 Å². The van der Waals surface area contributed by atoms with Gasteiger partial charge in [-0.1, -0.05) is 6.07 Å². The minimum absolute atomic E-state index is 0.0124. The van der Waals surface area contributed by atoms with Gasteiger partial charge in [-0.2, -0.15) is 0 Å². The van der Waals surface area contributed by atoms with Gasteiger partial charge in [0.2, 0.25) is 0 Å². The normalized spacial score (nSPS) is 22.7. The zero-order valence-corrected chi connectivity index (χ0v) is 12.0. The van der Waals surface area contributed by atoms with Crippen LogP contribution in [0, 0.1) is 19.3 Å². The summed E-state index contributed by atoms with van der Waals surface area (Å²) in [5.41, 5.74) is 3.67. The summed E-state index contributed by atoms with van der Waals surface area (Å²) < 4.78 is 11.2. The van der Waals surface area contributed by atoms with Gasteiger partial charge in [-0.3, -0.25) is 0 Å². The number of hydrogen-bond acceptors (Lipinski definition) is 3. The molecule has 1 aromatic carbocycles. The van der Waals surface area contributed by atoms with Gasteiger partial charge in [0.25, 0.3) is 0 Å². The third-order valence-corrected chi connectivity index (χ3v) is 5.01. The third kappa shape index (κ3) is 1.65.